The summed E-state index contributed by atoms with van der Waals surface area (Å²) in [6.45, 7) is 3.74. The van der Waals surface area contributed by atoms with Crippen molar-refractivity contribution in [2.75, 3.05) is 0 Å². The van der Waals surface area contributed by atoms with Crippen LogP contribution >= 0.6 is 0 Å². The van der Waals surface area contributed by atoms with Gasteiger partial charge < -0.3 is 20.1 Å². The molecule has 154 valence electrons. The number of rotatable bonds is 9. The summed E-state index contributed by atoms with van der Waals surface area (Å²) in [6.07, 6.45) is 8.22. The minimum absolute atomic E-state index is 0. The van der Waals surface area contributed by atoms with Gasteiger partial charge in [-0.3, -0.25) is 0 Å². The van der Waals surface area contributed by atoms with E-state index < -0.39 is 18.3 Å². The average Bonchev–Trinajstić information content (AvgIpc) is 2.81. The van der Waals surface area contributed by atoms with E-state index in [0.29, 0.717) is 19.3 Å². The van der Waals surface area contributed by atoms with Crippen LogP contribution in [0.4, 0.5) is 0 Å². The molecule has 0 spiro atoms. The molecular formula is C22H36O4Y2. The number of ketones is 1. The summed E-state index contributed by atoms with van der Waals surface area (Å²) < 4.78 is 0. The van der Waals surface area contributed by atoms with Gasteiger partial charge in [-0.15, -0.1) is 5.92 Å². The van der Waals surface area contributed by atoms with Crippen LogP contribution in [0.2, 0.25) is 0 Å². The SMILES string of the molecule is CC(=O)CCCCCC[C@H]1C(O)CC(O)[C@@H]1C#CCC(O)C1(C)CCC1.[Y].[Y]. The van der Waals surface area contributed by atoms with Gasteiger partial charge in [0.05, 0.1) is 24.2 Å². The number of carbonyl (C=O) groups is 1. The van der Waals surface area contributed by atoms with Crippen molar-refractivity contribution in [3.05, 3.63) is 0 Å². The molecule has 3 N–H and O–H groups in total. The summed E-state index contributed by atoms with van der Waals surface area (Å²) in [5.41, 5.74) is 0.0156. The van der Waals surface area contributed by atoms with Crippen molar-refractivity contribution >= 4 is 5.78 Å². The van der Waals surface area contributed by atoms with Gasteiger partial charge in [-0.25, -0.2) is 0 Å². The van der Waals surface area contributed by atoms with Gasteiger partial charge in [0.15, 0.2) is 0 Å². The van der Waals surface area contributed by atoms with Gasteiger partial charge in [-0.05, 0) is 38.0 Å². The van der Waals surface area contributed by atoms with Gasteiger partial charge in [0, 0.05) is 90.6 Å². The van der Waals surface area contributed by atoms with Crippen LogP contribution < -0.4 is 0 Å². The molecule has 0 bridgehead atoms. The molecule has 0 amide bonds. The Hall–Kier alpha value is 1.32. The summed E-state index contributed by atoms with van der Waals surface area (Å²) in [5.74, 6) is 6.33. The smallest absolute Gasteiger partial charge is 0.129 e. The van der Waals surface area contributed by atoms with E-state index in [1.807, 2.05) is 0 Å². The van der Waals surface area contributed by atoms with E-state index in [2.05, 4.69) is 18.8 Å². The minimum Gasteiger partial charge on any atom is -0.393 e. The van der Waals surface area contributed by atoms with Gasteiger partial charge in [0.25, 0.3) is 0 Å². The average molecular weight is 542 g/mol. The standard InChI is InChI=1S/C22H36O4.2Y/c1-16(23)9-5-3-4-6-10-17-18(20(25)15-19(17)24)11-7-12-21(26)22(2)13-8-14-22;;/h17-21,24-26H,3-6,8-10,12-15H2,1-2H3;;/t17-,18-,19?,20?,21?;;/m1../s1. The fourth-order valence-electron chi connectivity index (χ4n) is 4.36. The zero-order chi connectivity index (χ0) is 19.2. The van der Waals surface area contributed by atoms with Gasteiger partial charge in [0.2, 0.25) is 0 Å². The summed E-state index contributed by atoms with van der Waals surface area (Å²) in [6, 6.07) is 0. The molecule has 0 aromatic heterocycles. The number of aliphatic hydroxyl groups is 3. The Balaban J connectivity index is 0.00000364. The zero-order valence-electron chi connectivity index (χ0n) is 17.6. The van der Waals surface area contributed by atoms with Crippen LogP contribution in [0.5, 0.6) is 0 Å². The molecule has 0 aromatic carbocycles. The Morgan fingerprint density at radius 3 is 2.32 bits per heavy atom. The molecule has 6 heteroatoms. The second kappa shape index (κ2) is 14.4. The maximum Gasteiger partial charge on any atom is 0.129 e. The molecule has 0 aliphatic heterocycles. The largest absolute Gasteiger partial charge is 0.393 e. The number of hydrogen-bond donors (Lipinski definition) is 3. The fourth-order valence-corrected chi connectivity index (χ4v) is 4.36. The van der Waals surface area contributed by atoms with Gasteiger partial charge in [-0.1, -0.05) is 38.5 Å². The Kier molecular flexibility index (Phi) is 15.1. The zero-order valence-corrected chi connectivity index (χ0v) is 23.2. The predicted octanol–water partition coefficient (Wildman–Crippen LogP) is 3.21. The normalized spacial score (nSPS) is 28.8. The molecule has 0 aromatic rings. The van der Waals surface area contributed by atoms with Crippen molar-refractivity contribution in [2.45, 2.75) is 103 Å². The summed E-state index contributed by atoms with van der Waals surface area (Å²) in [7, 11) is 0. The second-order valence-corrected chi connectivity index (χ2v) is 8.76. The van der Waals surface area contributed by atoms with Gasteiger partial charge >= 0.3 is 0 Å². The third-order valence-electron chi connectivity index (χ3n) is 6.53. The first kappa shape index (κ1) is 29.3. The Bertz CT molecular complexity index is 524. The van der Waals surface area contributed by atoms with Gasteiger partial charge in [-0.2, -0.15) is 0 Å². The third kappa shape index (κ3) is 8.82. The van der Waals surface area contributed by atoms with Crippen LogP contribution in [0.1, 0.15) is 84.5 Å². The van der Waals surface area contributed by atoms with Crippen LogP contribution in [0.3, 0.4) is 0 Å². The van der Waals surface area contributed by atoms with E-state index >= 15 is 0 Å². The van der Waals surface area contributed by atoms with Crippen molar-refractivity contribution in [2.24, 2.45) is 17.3 Å². The maximum absolute atomic E-state index is 10.9. The van der Waals surface area contributed by atoms with Crippen molar-refractivity contribution in [1.82, 2.24) is 0 Å². The third-order valence-corrected chi connectivity index (χ3v) is 6.53. The van der Waals surface area contributed by atoms with E-state index in [9.17, 15) is 20.1 Å². The summed E-state index contributed by atoms with van der Waals surface area (Å²) in [4.78, 5) is 10.9. The van der Waals surface area contributed by atoms with E-state index in [1.165, 1.54) is 6.42 Å². The van der Waals surface area contributed by atoms with E-state index in [4.69, 9.17) is 0 Å². The van der Waals surface area contributed by atoms with Crippen molar-refractivity contribution in [3.63, 3.8) is 0 Å². The van der Waals surface area contributed by atoms with Gasteiger partial charge in [0.1, 0.15) is 5.78 Å². The molecule has 4 nitrogen and oxygen atoms in total. The Morgan fingerprint density at radius 2 is 1.75 bits per heavy atom. The molecule has 2 aliphatic carbocycles. The first-order valence-corrected chi connectivity index (χ1v) is 10.4. The van der Waals surface area contributed by atoms with Crippen LogP contribution in [-0.2, 0) is 70.2 Å². The first-order valence-electron chi connectivity index (χ1n) is 10.4. The first-order chi connectivity index (χ1) is 12.3. The minimum atomic E-state index is -0.573. The molecule has 0 saturated heterocycles. The monoisotopic (exact) mass is 542 g/mol. The van der Waals surface area contributed by atoms with Crippen LogP contribution in [0.15, 0.2) is 0 Å². The quantitative estimate of drug-likeness (QED) is 0.309. The van der Waals surface area contributed by atoms with Crippen LogP contribution in [0, 0.1) is 29.1 Å². The van der Waals surface area contributed by atoms with Crippen molar-refractivity contribution in [1.29, 1.82) is 0 Å². The van der Waals surface area contributed by atoms with E-state index in [-0.39, 0.29) is 88.5 Å². The number of hydrogen-bond acceptors (Lipinski definition) is 4. The van der Waals surface area contributed by atoms with E-state index in [1.54, 1.807) is 6.92 Å². The topological polar surface area (TPSA) is 77.8 Å². The summed E-state index contributed by atoms with van der Waals surface area (Å²) in [5, 5.41) is 30.8. The molecule has 0 heterocycles. The maximum atomic E-state index is 10.9. The Morgan fingerprint density at radius 1 is 1.11 bits per heavy atom. The molecule has 2 rings (SSSR count). The van der Waals surface area contributed by atoms with Crippen molar-refractivity contribution in [3.8, 4) is 11.8 Å². The number of carbonyl (C=O) groups excluding carboxylic acids is 1. The fraction of sp³-hybridized carbons (Fsp3) is 0.864. The predicted molar refractivity (Wildman–Crippen MR) is 102 cm³/mol. The second-order valence-electron chi connectivity index (χ2n) is 8.76. The molecule has 5 atom stereocenters. The van der Waals surface area contributed by atoms with E-state index in [0.717, 1.165) is 44.9 Å². The molecular weight excluding hydrogens is 506 g/mol. The molecule has 3 unspecified atom stereocenters. The number of aliphatic hydroxyl groups excluding tert-OH is 3. The molecule has 2 aliphatic rings. The number of unbranched alkanes of at least 4 members (excludes halogenated alkanes) is 3. The molecule has 2 fully saturated rings. The van der Waals surface area contributed by atoms with Crippen LogP contribution in [-0.4, -0.2) is 39.4 Å². The van der Waals surface area contributed by atoms with Crippen molar-refractivity contribution < 1.29 is 85.5 Å². The summed E-state index contributed by atoms with van der Waals surface area (Å²) >= 11 is 0. The number of Topliss-reactive ketones (excluding diaryl/α,β-unsaturated/α-hetero) is 1. The molecule has 2 radical (unpaired) electrons. The molecule has 28 heavy (non-hydrogen) atoms. The Labute approximate surface area is 221 Å². The van der Waals surface area contributed by atoms with Crippen LogP contribution in [0.25, 0.3) is 0 Å². The molecule has 2 saturated carbocycles.